The van der Waals surface area contributed by atoms with Crippen LogP contribution < -0.4 is 10.6 Å². The fraction of sp³-hybridized carbons (Fsp3) is 0.467. The van der Waals surface area contributed by atoms with Gasteiger partial charge in [-0.15, -0.1) is 11.3 Å². The second kappa shape index (κ2) is 6.70. The van der Waals surface area contributed by atoms with Crippen LogP contribution in [0.4, 0.5) is 11.6 Å². The lowest BCUT2D eigenvalue weighted by Crippen LogP contribution is -2.18. The van der Waals surface area contributed by atoms with Crippen LogP contribution in [-0.2, 0) is 0 Å². The van der Waals surface area contributed by atoms with E-state index in [1.165, 1.54) is 4.88 Å². The third kappa shape index (κ3) is 3.28. The molecule has 0 saturated carbocycles. The lowest BCUT2D eigenvalue weighted by Gasteiger charge is -2.23. The van der Waals surface area contributed by atoms with Crippen LogP contribution in [0.5, 0.6) is 0 Å². The van der Waals surface area contributed by atoms with Crippen molar-refractivity contribution in [1.82, 2.24) is 9.97 Å². The molecule has 2 aromatic heterocycles. The Morgan fingerprint density at radius 2 is 2.00 bits per heavy atom. The molecule has 0 aliphatic carbocycles. The molecule has 0 bridgehead atoms. The summed E-state index contributed by atoms with van der Waals surface area (Å²) in [6.45, 7) is 9.41. The second-order valence-corrected chi connectivity index (χ2v) is 6.09. The van der Waals surface area contributed by atoms with Gasteiger partial charge in [-0.3, -0.25) is 0 Å². The SMILES string of the molecule is CCNc1ncnc(NC(c2cccs2)C(C)C)c1C. The Balaban J connectivity index is 2.25. The number of nitrogens with zero attached hydrogens (tertiary/aromatic N) is 2. The quantitative estimate of drug-likeness (QED) is 0.841. The van der Waals surface area contributed by atoms with E-state index >= 15 is 0 Å². The molecule has 2 rings (SSSR count). The summed E-state index contributed by atoms with van der Waals surface area (Å²) in [6, 6.07) is 4.54. The number of hydrogen-bond acceptors (Lipinski definition) is 5. The van der Waals surface area contributed by atoms with Crippen LogP contribution in [0.15, 0.2) is 23.8 Å². The van der Waals surface area contributed by atoms with Crippen LogP contribution in [0.25, 0.3) is 0 Å². The van der Waals surface area contributed by atoms with Crippen LogP contribution in [0, 0.1) is 12.8 Å². The number of aromatic nitrogens is 2. The third-order valence-electron chi connectivity index (χ3n) is 3.24. The highest BCUT2D eigenvalue weighted by Crippen LogP contribution is 2.30. The first-order chi connectivity index (χ1) is 9.63. The predicted molar refractivity (Wildman–Crippen MR) is 86.5 cm³/mol. The second-order valence-electron chi connectivity index (χ2n) is 5.11. The molecular formula is C15H22N4S. The van der Waals surface area contributed by atoms with Crippen molar-refractivity contribution in [2.75, 3.05) is 17.2 Å². The first-order valence-electron chi connectivity index (χ1n) is 6.98. The van der Waals surface area contributed by atoms with E-state index < -0.39 is 0 Å². The van der Waals surface area contributed by atoms with Crippen LogP contribution in [0.2, 0.25) is 0 Å². The first-order valence-corrected chi connectivity index (χ1v) is 7.86. The van der Waals surface area contributed by atoms with Gasteiger partial charge in [0.15, 0.2) is 0 Å². The minimum atomic E-state index is 0.276. The van der Waals surface area contributed by atoms with Gasteiger partial charge < -0.3 is 10.6 Å². The van der Waals surface area contributed by atoms with E-state index in [0.29, 0.717) is 5.92 Å². The molecule has 2 aromatic rings. The predicted octanol–water partition coefficient (Wildman–Crippen LogP) is 4.09. The number of hydrogen-bond donors (Lipinski definition) is 2. The molecule has 0 fully saturated rings. The maximum atomic E-state index is 4.40. The Labute approximate surface area is 124 Å². The van der Waals surface area contributed by atoms with Crippen molar-refractivity contribution in [2.24, 2.45) is 5.92 Å². The fourth-order valence-corrected chi connectivity index (χ4v) is 3.07. The van der Waals surface area contributed by atoms with Crippen LogP contribution in [0.3, 0.4) is 0 Å². The Bertz CT molecular complexity index is 537. The molecule has 4 nitrogen and oxygen atoms in total. The molecule has 108 valence electrons. The minimum absolute atomic E-state index is 0.276. The van der Waals surface area contributed by atoms with Crippen molar-refractivity contribution >= 4 is 23.0 Å². The molecule has 0 saturated heterocycles. The molecule has 1 atom stereocenters. The Morgan fingerprint density at radius 1 is 1.25 bits per heavy atom. The summed E-state index contributed by atoms with van der Waals surface area (Å²) >= 11 is 1.78. The summed E-state index contributed by atoms with van der Waals surface area (Å²) in [4.78, 5) is 10.0. The van der Waals surface area contributed by atoms with Gasteiger partial charge in [-0.25, -0.2) is 9.97 Å². The van der Waals surface area contributed by atoms with Crippen LogP contribution in [-0.4, -0.2) is 16.5 Å². The monoisotopic (exact) mass is 290 g/mol. The summed E-state index contributed by atoms with van der Waals surface area (Å²) in [5.41, 5.74) is 1.07. The molecule has 0 aromatic carbocycles. The zero-order valence-corrected chi connectivity index (χ0v) is 13.3. The molecule has 1 unspecified atom stereocenters. The summed E-state index contributed by atoms with van der Waals surface area (Å²) in [5, 5.41) is 8.95. The highest BCUT2D eigenvalue weighted by atomic mass is 32.1. The Morgan fingerprint density at radius 3 is 2.60 bits per heavy atom. The molecule has 0 spiro atoms. The van der Waals surface area contributed by atoms with Gasteiger partial charge in [0, 0.05) is 17.0 Å². The van der Waals surface area contributed by atoms with E-state index in [2.05, 4.69) is 58.9 Å². The topological polar surface area (TPSA) is 49.8 Å². The van der Waals surface area contributed by atoms with Crippen molar-refractivity contribution in [1.29, 1.82) is 0 Å². The standard InChI is InChI=1S/C15H22N4S/c1-5-16-14-11(4)15(18-9-17-14)19-13(10(2)3)12-7-6-8-20-12/h6-10,13H,5H2,1-4H3,(H2,16,17,18,19). The largest absolute Gasteiger partial charge is 0.370 e. The average molecular weight is 290 g/mol. The summed E-state index contributed by atoms with van der Waals surface area (Å²) in [6.07, 6.45) is 1.61. The van der Waals surface area contributed by atoms with Gasteiger partial charge in [-0.05, 0) is 31.2 Å². The molecule has 0 radical (unpaired) electrons. The third-order valence-corrected chi connectivity index (χ3v) is 4.19. The summed E-state index contributed by atoms with van der Waals surface area (Å²) in [7, 11) is 0. The zero-order chi connectivity index (χ0) is 14.5. The van der Waals surface area contributed by atoms with Gasteiger partial charge in [-0.1, -0.05) is 19.9 Å². The minimum Gasteiger partial charge on any atom is -0.370 e. The van der Waals surface area contributed by atoms with Gasteiger partial charge in [-0.2, -0.15) is 0 Å². The van der Waals surface area contributed by atoms with Gasteiger partial charge in [0.1, 0.15) is 18.0 Å². The van der Waals surface area contributed by atoms with E-state index in [1.807, 2.05) is 6.92 Å². The average Bonchev–Trinajstić information content (AvgIpc) is 2.93. The van der Waals surface area contributed by atoms with Gasteiger partial charge in [0.25, 0.3) is 0 Å². The molecule has 2 heterocycles. The zero-order valence-electron chi connectivity index (χ0n) is 12.5. The van der Waals surface area contributed by atoms with E-state index in [4.69, 9.17) is 0 Å². The number of anilines is 2. The molecule has 0 aliphatic rings. The molecule has 2 N–H and O–H groups in total. The van der Waals surface area contributed by atoms with Crippen molar-refractivity contribution in [3.63, 3.8) is 0 Å². The Kier molecular flexibility index (Phi) is 4.95. The molecule has 0 amide bonds. The van der Waals surface area contributed by atoms with E-state index in [1.54, 1.807) is 17.7 Å². The van der Waals surface area contributed by atoms with E-state index in [0.717, 1.165) is 23.7 Å². The van der Waals surface area contributed by atoms with Gasteiger partial charge >= 0.3 is 0 Å². The van der Waals surface area contributed by atoms with Gasteiger partial charge in [0.05, 0.1) is 6.04 Å². The molecule has 20 heavy (non-hydrogen) atoms. The highest BCUT2D eigenvalue weighted by Gasteiger charge is 2.18. The molecule has 5 heteroatoms. The normalized spacial score (nSPS) is 12.4. The lowest BCUT2D eigenvalue weighted by atomic mass is 10.0. The first kappa shape index (κ1) is 14.8. The lowest BCUT2D eigenvalue weighted by molar-refractivity contribution is 0.551. The number of nitrogens with one attached hydrogen (secondary N) is 2. The van der Waals surface area contributed by atoms with Crippen LogP contribution in [0.1, 0.15) is 37.3 Å². The van der Waals surface area contributed by atoms with E-state index in [-0.39, 0.29) is 6.04 Å². The maximum Gasteiger partial charge on any atom is 0.134 e. The van der Waals surface area contributed by atoms with Crippen molar-refractivity contribution < 1.29 is 0 Å². The summed E-state index contributed by atoms with van der Waals surface area (Å²) < 4.78 is 0. The fourth-order valence-electron chi connectivity index (χ4n) is 2.12. The van der Waals surface area contributed by atoms with Crippen molar-refractivity contribution in [3.8, 4) is 0 Å². The molecule has 0 aliphatic heterocycles. The van der Waals surface area contributed by atoms with Crippen LogP contribution >= 0.6 is 11.3 Å². The number of rotatable bonds is 6. The van der Waals surface area contributed by atoms with E-state index in [9.17, 15) is 0 Å². The smallest absolute Gasteiger partial charge is 0.134 e. The van der Waals surface area contributed by atoms with Crippen molar-refractivity contribution in [2.45, 2.75) is 33.7 Å². The Hall–Kier alpha value is -1.62. The number of thiophene rings is 1. The van der Waals surface area contributed by atoms with Gasteiger partial charge in [0.2, 0.25) is 0 Å². The molecular weight excluding hydrogens is 268 g/mol. The summed E-state index contributed by atoms with van der Waals surface area (Å²) in [5.74, 6) is 2.30. The highest BCUT2D eigenvalue weighted by molar-refractivity contribution is 7.10. The maximum absolute atomic E-state index is 4.40. The van der Waals surface area contributed by atoms with Crippen molar-refractivity contribution in [3.05, 3.63) is 34.3 Å².